The van der Waals surface area contributed by atoms with Crippen molar-refractivity contribution in [3.05, 3.63) is 36.0 Å². The summed E-state index contributed by atoms with van der Waals surface area (Å²) in [4.78, 5) is 24.8. The van der Waals surface area contributed by atoms with E-state index in [0.29, 0.717) is 17.1 Å². The number of hydrogen-bond donors (Lipinski definition) is 2. The van der Waals surface area contributed by atoms with Gasteiger partial charge in [0.1, 0.15) is 0 Å². The first-order valence-electron chi connectivity index (χ1n) is 6.45. The van der Waals surface area contributed by atoms with Crippen LogP contribution < -0.4 is 10.6 Å². The molecule has 6 nitrogen and oxygen atoms in total. The lowest BCUT2D eigenvalue weighted by Gasteiger charge is -2.21. The van der Waals surface area contributed by atoms with E-state index in [9.17, 15) is 9.59 Å². The molecule has 1 aliphatic heterocycles. The lowest BCUT2D eigenvalue weighted by atomic mass is 10.1. The molecule has 21 heavy (non-hydrogen) atoms. The first-order chi connectivity index (χ1) is 10.0. The van der Waals surface area contributed by atoms with E-state index in [-0.39, 0.29) is 17.1 Å². The van der Waals surface area contributed by atoms with Crippen LogP contribution in [0.4, 0.5) is 11.5 Å². The van der Waals surface area contributed by atoms with Crippen LogP contribution in [0.5, 0.6) is 0 Å². The topological polar surface area (TPSA) is 76.0 Å². The normalized spacial score (nSPS) is 17.0. The fourth-order valence-electron chi connectivity index (χ4n) is 2.02. The molecule has 2 N–H and O–H groups in total. The van der Waals surface area contributed by atoms with E-state index >= 15 is 0 Å². The molecule has 1 unspecified atom stereocenters. The number of benzene rings is 1. The molecule has 0 saturated carbocycles. The molecule has 1 aliphatic rings. The summed E-state index contributed by atoms with van der Waals surface area (Å²) in [6.45, 7) is 1.85. The first kappa shape index (κ1) is 13.7. The van der Waals surface area contributed by atoms with Crippen molar-refractivity contribution in [1.82, 2.24) is 9.78 Å². The van der Waals surface area contributed by atoms with Crippen LogP contribution in [0.25, 0.3) is 0 Å². The summed E-state index contributed by atoms with van der Waals surface area (Å²) in [5, 5.41) is 9.51. The Labute approximate surface area is 125 Å². The predicted octanol–water partition coefficient (Wildman–Crippen LogP) is 2.11. The number of carbonyl (C=O) groups excluding carboxylic acids is 2. The molecule has 0 spiro atoms. The first-order valence-corrected chi connectivity index (χ1v) is 7.33. The molecule has 1 aromatic carbocycles. The zero-order valence-electron chi connectivity index (χ0n) is 11.6. The van der Waals surface area contributed by atoms with Gasteiger partial charge in [-0.3, -0.25) is 14.3 Å². The quantitative estimate of drug-likeness (QED) is 0.891. The molecule has 2 aromatic rings. The molecule has 1 aromatic heterocycles. The summed E-state index contributed by atoms with van der Waals surface area (Å²) in [5.41, 5.74) is 1.16. The summed E-state index contributed by atoms with van der Waals surface area (Å²) in [5.74, 6) is 0.191. The van der Waals surface area contributed by atoms with E-state index in [4.69, 9.17) is 0 Å². The second-order valence-electron chi connectivity index (χ2n) is 4.79. The maximum Gasteiger partial charge on any atom is 0.256 e. The molecule has 0 saturated heterocycles. The highest BCUT2D eigenvalue weighted by Gasteiger charge is 2.23. The van der Waals surface area contributed by atoms with Crippen molar-refractivity contribution < 1.29 is 9.59 Å². The summed E-state index contributed by atoms with van der Waals surface area (Å²) in [6.07, 6.45) is 1.75. The maximum atomic E-state index is 12.2. The van der Waals surface area contributed by atoms with Crippen molar-refractivity contribution in [1.29, 1.82) is 0 Å². The second kappa shape index (κ2) is 5.25. The minimum absolute atomic E-state index is 0.0465. The van der Waals surface area contributed by atoms with Crippen molar-refractivity contribution in [2.75, 3.05) is 10.6 Å². The van der Waals surface area contributed by atoms with E-state index in [1.165, 1.54) is 11.8 Å². The smallest absolute Gasteiger partial charge is 0.256 e. The Morgan fingerprint density at radius 2 is 2.24 bits per heavy atom. The Morgan fingerprint density at radius 3 is 2.95 bits per heavy atom. The molecular weight excluding hydrogens is 288 g/mol. The number of nitrogens with zero attached hydrogens (tertiary/aromatic N) is 2. The van der Waals surface area contributed by atoms with E-state index in [1.54, 1.807) is 36.1 Å². The highest BCUT2D eigenvalue weighted by molar-refractivity contribution is 8.00. The Bertz CT molecular complexity index is 726. The van der Waals surface area contributed by atoms with Gasteiger partial charge in [0, 0.05) is 29.8 Å². The van der Waals surface area contributed by atoms with Gasteiger partial charge in [0.15, 0.2) is 5.82 Å². The van der Waals surface area contributed by atoms with Gasteiger partial charge in [-0.2, -0.15) is 5.10 Å². The van der Waals surface area contributed by atoms with Crippen molar-refractivity contribution in [2.24, 2.45) is 7.05 Å². The number of thioether (sulfide) groups is 1. The number of amides is 2. The van der Waals surface area contributed by atoms with Gasteiger partial charge in [-0.05, 0) is 25.1 Å². The summed E-state index contributed by atoms with van der Waals surface area (Å²) >= 11 is 1.49. The number of hydrogen-bond acceptors (Lipinski definition) is 4. The molecule has 2 amide bonds. The van der Waals surface area contributed by atoms with E-state index < -0.39 is 0 Å². The third-order valence-electron chi connectivity index (χ3n) is 3.13. The fourth-order valence-corrected chi connectivity index (χ4v) is 2.95. The molecule has 0 fully saturated rings. The summed E-state index contributed by atoms with van der Waals surface area (Å²) in [6, 6.07) is 7.00. The lowest BCUT2D eigenvalue weighted by Crippen LogP contribution is -2.26. The summed E-state index contributed by atoms with van der Waals surface area (Å²) in [7, 11) is 1.78. The fraction of sp³-hybridized carbons (Fsp3) is 0.214. The van der Waals surface area contributed by atoms with Gasteiger partial charge in [-0.25, -0.2) is 0 Å². The number of fused-ring (bicyclic) bond motifs is 1. The molecule has 0 bridgehead atoms. The maximum absolute atomic E-state index is 12.2. The Kier molecular flexibility index (Phi) is 3.42. The van der Waals surface area contributed by atoms with Crippen LogP contribution in [0.15, 0.2) is 35.4 Å². The number of aryl methyl sites for hydroxylation is 1. The van der Waals surface area contributed by atoms with Crippen LogP contribution in [-0.2, 0) is 11.8 Å². The Hall–Kier alpha value is -2.28. The molecule has 108 valence electrons. The molecule has 1 atom stereocenters. The van der Waals surface area contributed by atoms with Gasteiger partial charge >= 0.3 is 0 Å². The zero-order valence-corrected chi connectivity index (χ0v) is 12.4. The van der Waals surface area contributed by atoms with Crippen LogP contribution in [0.1, 0.15) is 17.3 Å². The van der Waals surface area contributed by atoms with Gasteiger partial charge in [0.05, 0.1) is 10.9 Å². The van der Waals surface area contributed by atoms with Crippen LogP contribution in [0.3, 0.4) is 0 Å². The Morgan fingerprint density at radius 1 is 1.43 bits per heavy atom. The van der Waals surface area contributed by atoms with Crippen molar-refractivity contribution in [3.8, 4) is 0 Å². The average molecular weight is 302 g/mol. The van der Waals surface area contributed by atoms with E-state index in [2.05, 4.69) is 15.7 Å². The average Bonchev–Trinajstić information content (AvgIpc) is 2.85. The second-order valence-corrected chi connectivity index (χ2v) is 6.17. The Balaban J connectivity index is 1.82. The van der Waals surface area contributed by atoms with Gasteiger partial charge in [-0.1, -0.05) is 0 Å². The number of carbonyl (C=O) groups is 2. The van der Waals surface area contributed by atoms with Crippen molar-refractivity contribution >= 4 is 35.1 Å². The van der Waals surface area contributed by atoms with E-state index in [0.717, 1.165) is 4.90 Å². The largest absolute Gasteiger partial charge is 0.324 e. The molecule has 0 aliphatic carbocycles. The number of rotatable bonds is 2. The van der Waals surface area contributed by atoms with Gasteiger partial charge in [-0.15, -0.1) is 11.8 Å². The summed E-state index contributed by atoms with van der Waals surface area (Å²) < 4.78 is 1.61. The van der Waals surface area contributed by atoms with Gasteiger partial charge < -0.3 is 10.6 Å². The third-order valence-corrected chi connectivity index (χ3v) is 4.31. The molecule has 7 heteroatoms. The van der Waals surface area contributed by atoms with E-state index in [1.807, 2.05) is 13.0 Å². The molecule has 2 heterocycles. The van der Waals surface area contributed by atoms with Gasteiger partial charge in [0.2, 0.25) is 5.91 Å². The van der Waals surface area contributed by atoms with Crippen LogP contribution in [0.2, 0.25) is 0 Å². The highest BCUT2D eigenvalue weighted by atomic mass is 32.2. The number of anilines is 2. The third kappa shape index (κ3) is 2.78. The predicted molar refractivity (Wildman–Crippen MR) is 81.6 cm³/mol. The minimum atomic E-state index is -0.255. The standard InChI is InChI=1S/C14H14N4O2S/c1-8-13(19)15-10-7-9(3-4-11(10)21-8)14(20)16-12-5-6-18(2)17-12/h3-8H,1-2H3,(H,15,19)(H,16,17,20). The SMILES string of the molecule is CC1Sc2ccc(C(=O)Nc3ccn(C)n3)cc2NC1=O. The number of nitrogens with one attached hydrogen (secondary N) is 2. The van der Waals surface area contributed by atoms with Crippen LogP contribution >= 0.6 is 11.8 Å². The molecule has 3 rings (SSSR count). The van der Waals surface area contributed by atoms with Crippen molar-refractivity contribution in [3.63, 3.8) is 0 Å². The van der Waals surface area contributed by atoms with Crippen LogP contribution in [-0.4, -0.2) is 26.8 Å². The highest BCUT2D eigenvalue weighted by Crippen LogP contribution is 2.35. The van der Waals surface area contributed by atoms with Crippen molar-refractivity contribution in [2.45, 2.75) is 17.1 Å². The molecular formula is C14H14N4O2S. The van der Waals surface area contributed by atoms with Crippen LogP contribution in [0, 0.1) is 0 Å². The monoisotopic (exact) mass is 302 g/mol. The zero-order chi connectivity index (χ0) is 15.0. The van der Waals surface area contributed by atoms with Gasteiger partial charge in [0.25, 0.3) is 5.91 Å². The minimum Gasteiger partial charge on any atom is -0.324 e. The molecule has 0 radical (unpaired) electrons. The number of aromatic nitrogens is 2. The lowest BCUT2D eigenvalue weighted by molar-refractivity contribution is -0.115.